The first-order valence-corrected chi connectivity index (χ1v) is 10.0. The summed E-state index contributed by atoms with van der Waals surface area (Å²) in [6.07, 6.45) is -0.209. The highest BCUT2D eigenvalue weighted by Gasteiger charge is 2.48. The highest BCUT2D eigenvalue weighted by atomic mass is 19.3. The predicted octanol–water partition coefficient (Wildman–Crippen LogP) is 5.30. The number of hydrogen-bond donors (Lipinski definition) is 0. The number of rotatable bonds is 7. The molecule has 0 bridgehead atoms. The molecule has 0 N–H and O–H groups in total. The van der Waals surface area contributed by atoms with Crippen LogP contribution in [-0.4, -0.2) is 33.7 Å². The average molecular weight is 420 g/mol. The standard InChI is InChI=1S/C23H26F2O5/c1-26-13-28-16-5-3-15(4-6-16)22-18-9-10-23(24,25)12-20(18)19-11-17(29-14-27-2)7-8-21(19)30-22/h3-8,11,18,20,22H,9-10,12-14H2,1-2H3. The van der Waals surface area contributed by atoms with Crippen LogP contribution in [0.25, 0.3) is 0 Å². The van der Waals surface area contributed by atoms with Crippen LogP contribution >= 0.6 is 0 Å². The molecule has 2 aliphatic rings. The van der Waals surface area contributed by atoms with Crippen LogP contribution in [-0.2, 0) is 9.47 Å². The summed E-state index contributed by atoms with van der Waals surface area (Å²) in [5.74, 6) is -1.13. The lowest BCUT2D eigenvalue weighted by atomic mass is 9.68. The molecule has 1 heterocycles. The van der Waals surface area contributed by atoms with Crippen molar-refractivity contribution in [3.8, 4) is 17.2 Å². The zero-order valence-electron chi connectivity index (χ0n) is 17.1. The molecule has 2 aromatic carbocycles. The second kappa shape index (κ2) is 8.78. The van der Waals surface area contributed by atoms with Crippen molar-refractivity contribution in [3.63, 3.8) is 0 Å². The Balaban J connectivity index is 1.64. The Morgan fingerprint density at radius 2 is 1.63 bits per heavy atom. The van der Waals surface area contributed by atoms with E-state index in [0.717, 1.165) is 11.1 Å². The van der Waals surface area contributed by atoms with Crippen LogP contribution in [0.1, 0.15) is 42.4 Å². The minimum absolute atomic E-state index is 0.0412. The number of fused-ring (bicyclic) bond motifs is 3. The third-order valence-corrected chi connectivity index (χ3v) is 5.80. The normalized spacial score (nSPS) is 24.3. The molecule has 5 nitrogen and oxygen atoms in total. The van der Waals surface area contributed by atoms with Crippen LogP contribution in [0, 0.1) is 5.92 Å². The second-order valence-corrected chi connectivity index (χ2v) is 7.78. The van der Waals surface area contributed by atoms with Gasteiger partial charge in [-0.25, -0.2) is 8.78 Å². The zero-order valence-corrected chi connectivity index (χ0v) is 17.1. The molecule has 162 valence electrons. The minimum Gasteiger partial charge on any atom is -0.485 e. The summed E-state index contributed by atoms with van der Waals surface area (Å²) in [6, 6.07) is 12.9. The molecule has 3 atom stereocenters. The molecule has 3 unspecified atom stereocenters. The summed E-state index contributed by atoms with van der Waals surface area (Å²) in [4.78, 5) is 0. The molecule has 4 rings (SSSR count). The fourth-order valence-corrected chi connectivity index (χ4v) is 4.42. The molecule has 0 amide bonds. The van der Waals surface area contributed by atoms with Crippen LogP contribution in [0.5, 0.6) is 17.2 Å². The van der Waals surface area contributed by atoms with E-state index in [0.29, 0.717) is 23.7 Å². The van der Waals surface area contributed by atoms with Crippen LogP contribution in [0.3, 0.4) is 0 Å². The van der Waals surface area contributed by atoms with Gasteiger partial charge in [-0.2, -0.15) is 0 Å². The molecule has 0 saturated heterocycles. The third-order valence-electron chi connectivity index (χ3n) is 5.80. The van der Waals surface area contributed by atoms with E-state index < -0.39 is 5.92 Å². The zero-order chi connectivity index (χ0) is 21.1. The number of hydrogen-bond acceptors (Lipinski definition) is 5. The number of benzene rings is 2. The number of ether oxygens (including phenoxy) is 5. The number of halogens is 2. The lowest BCUT2D eigenvalue weighted by molar-refractivity contribution is -0.0768. The summed E-state index contributed by atoms with van der Waals surface area (Å²) in [5.41, 5.74) is 1.73. The van der Waals surface area contributed by atoms with Crippen molar-refractivity contribution < 1.29 is 32.5 Å². The van der Waals surface area contributed by atoms with Crippen LogP contribution < -0.4 is 14.2 Å². The van der Waals surface area contributed by atoms with Gasteiger partial charge < -0.3 is 23.7 Å². The first-order valence-electron chi connectivity index (χ1n) is 10.0. The Kier molecular flexibility index (Phi) is 6.11. The minimum atomic E-state index is -2.68. The smallest absolute Gasteiger partial charge is 0.248 e. The highest BCUT2D eigenvalue weighted by Crippen LogP contribution is 2.56. The lowest BCUT2D eigenvalue weighted by Crippen LogP contribution is -2.38. The van der Waals surface area contributed by atoms with E-state index in [-0.39, 0.29) is 44.4 Å². The fraction of sp³-hybridized carbons (Fsp3) is 0.478. The maximum atomic E-state index is 14.4. The van der Waals surface area contributed by atoms with Gasteiger partial charge in [0.1, 0.15) is 23.4 Å². The Morgan fingerprint density at radius 1 is 0.967 bits per heavy atom. The highest BCUT2D eigenvalue weighted by molar-refractivity contribution is 5.46. The Bertz CT molecular complexity index is 855. The van der Waals surface area contributed by atoms with E-state index in [1.54, 1.807) is 19.2 Å². The van der Waals surface area contributed by atoms with Crippen molar-refractivity contribution in [2.75, 3.05) is 27.8 Å². The van der Waals surface area contributed by atoms with Crippen molar-refractivity contribution in [2.24, 2.45) is 5.92 Å². The van der Waals surface area contributed by atoms with Gasteiger partial charge in [-0.15, -0.1) is 0 Å². The van der Waals surface area contributed by atoms with Crippen molar-refractivity contribution in [3.05, 3.63) is 53.6 Å². The van der Waals surface area contributed by atoms with Crippen molar-refractivity contribution in [1.29, 1.82) is 0 Å². The summed E-state index contributed by atoms with van der Waals surface area (Å²) < 4.78 is 55.9. The Labute approximate surface area is 174 Å². The summed E-state index contributed by atoms with van der Waals surface area (Å²) in [6.45, 7) is 0.268. The van der Waals surface area contributed by atoms with E-state index in [4.69, 9.17) is 23.7 Å². The molecule has 30 heavy (non-hydrogen) atoms. The van der Waals surface area contributed by atoms with Crippen LogP contribution in [0.15, 0.2) is 42.5 Å². The predicted molar refractivity (Wildman–Crippen MR) is 106 cm³/mol. The fourth-order valence-electron chi connectivity index (χ4n) is 4.42. The molecule has 1 fully saturated rings. The Morgan fingerprint density at radius 3 is 2.33 bits per heavy atom. The van der Waals surface area contributed by atoms with Gasteiger partial charge in [0.2, 0.25) is 5.92 Å². The quantitative estimate of drug-likeness (QED) is 0.569. The molecule has 0 aromatic heterocycles. The van der Waals surface area contributed by atoms with Crippen LogP contribution in [0.4, 0.5) is 8.78 Å². The molecule has 2 aromatic rings. The van der Waals surface area contributed by atoms with Gasteiger partial charge >= 0.3 is 0 Å². The van der Waals surface area contributed by atoms with Gasteiger partial charge in [-0.05, 0) is 42.3 Å². The average Bonchev–Trinajstić information content (AvgIpc) is 2.75. The molecule has 1 saturated carbocycles. The first kappa shape index (κ1) is 20.9. The maximum Gasteiger partial charge on any atom is 0.248 e. The third kappa shape index (κ3) is 4.37. The molecular formula is C23H26F2O5. The van der Waals surface area contributed by atoms with Crippen molar-refractivity contribution >= 4 is 0 Å². The summed E-state index contributed by atoms with van der Waals surface area (Å²) in [5, 5.41) is 0. The molecule has 0 radical (unpaired) electrons. The van der Waals surface area contributed by atoms with E-state index in [9.17, 15) is 8.78 Å². The summed E-state index contributed by atoms with van der Waals surface area (Å²) in [7, 11) is 3.10. The monoisotopic (exact) mass is 420 g/mol. The van der Waals surface area contributed by atoms with Gasteiger partial charge in [0.15, 0.2) is 13.6 Å². The molecule has 7 heteroatoms. The van der Waals surface area contributed by atoms with E-state index in [1.807, 2.05) is 30.3 Å². The van der Waals surface area contributed by atoms with Gasteiger partial charge in [-0.1, -0.05) is 12.1 Å². The second-order valence-electron chi connectivity index (χ2n) is 7.78. The maximum absolute atomic E-state index is 14.4. The van der Waals surface area contributed by atoms with Crippen molar-refractivity contribution in [1.82, 2.24) is 0 Å². The van der Waals surface area contributed by atoms with Crippen molar-refractivity contribution in [2.45, 2.75) is 37.2 Å². The van der Waals surface area contributed by atoms with Gasteiger partial charge in [0.05, 0.1) is 0 Å². The SMILES string of the molecule is COCOc1ccc(C2Oc3ccc(OCOC)cc3C3CC(F)(F)CCC32)cc1. The van der Waals surface area contributed by atoms with E-state index in [1.165, 1.54) is 7.11 Å². The molecule has 1 aliphatic heterocycles. The van der Waals surface area contributed by atoms with Crippen LogP contribution in [0.2, 0.25) is 0 Å². The Hall–Kier alpha value is -2.38. The molecule has 1 aliphatic carbocycles. The van der Waals surface area contributed by atoms with Gasteiger partial charge in [0, 0.05) is 44.5 Å². The largest absolute Gasteiger partial charge is 0.485 e. The molecule has 0 spiro atoms. The van der Waals surface area contributed by atoms with Gasteiger partial charge in [0.25, 0.3) is 0 Å². The first-order chi connectivity index (χ1) is 14.5. The van der Waals surface area contributed by atoms with Gasteiger partial charge in [-0.3, -0.25) is 0 Å². The lowest BCUT2D eigenvalue weighted by Gasteiger charge is -2.44. The van der Waals surface area contributed by atoms with E-state index >= 15 is 0 Å². The number of alkyl halides is 2. The molecular weight excluding hydrogens is 394 g/mol. The summed E-state index contributed by atoms with van der Waals surface area (Å²) >= 11 is 0. The van der Waals surface area contributed by atoms with E-state index in [2.05, 4.69) is 0 Å². The topological polar surface area (TPSA) is 46.2 Å². The number of methoxy groups -OCH3 is 2.